The summed E-state index contributed by atoms with van der Waals surface area (Å²) in [6.07, 6.45) is 3.77. The Kier molecular flexibility index (Phi) is 6.63. The number of aryl methyl sites for hydroxylation is 1. The average molecular weight is 427 g/mol. The van der Waals surface area contributed by atoms with E-state index in [1.54, 1.807) is 32.4 Å². The van der Waals surface area contributed by atoms with Crippen molar-refractivity contribution < 1.29 is 19.2 Å². The summed E-state index contributed by atoms with van der Waals surface area (Å²) in [6, 6.07) is 9.60. The molecule has 0 saturated carbocycles. The molecule has 0 N–H and O–H groups in total. The number of ether oxygens (including phenoxy) is 2. The van der Waals surface area contributed by atoms with Gasteiger partial charge in [0.2, 0.25) is 0 Å². The van der Waals surface area contributed by atoms with E-state index in [1.165, 1.54) is 29.5 Å². The SMILES string of the molecule is CCCn1c(=NC(=O)C=Cc2ccc([N+](=O)[O-])cc2)sc2c(OC)ccc(OC)c21. The molecule has 0 aliphatic carbocycles. The number of benzene rings is 2. The van der Waals surface area contributed by atoms with Gasteiger partial charge in [0, 0.05) is 24.8 Å². The smallest absolute Gasteiger partial charge is 0.272 e. The van der Waals surface area contributed by atoms with Gasteiger partial charge in [0.1, 0.15) is 21.7 Å². The first-order chi connectivity index (χ1) is 14.5. The number of hydrogen-bond donors (Lipinski definition) is 0. The minimum absolute atomic E-state index is 0.00283. The van der Waals surface area contributed by atoms with Crippen LogP contribution in [0.3, 0.4) is 0 Å². The number of nitrogens with zero attached hydrogens (tertiary/aromatic N) is 3. The molecule has 3 aromatic rings. The molecule has 0 aliphatic rings. The highest BCUT2D eigenvalue weighted by Gasteiger charge is 2.15. The van der Waals surface area contributed by atoms with Crippen LogP contribution in [0.2, 0.25) is 0 Å². The molecular weight excluding hydrogens is 406 g/mol. The van der Waals surface area contributed by atoms with Gasteiger partial charge in [-0.15, -0.1) is 0 Å². The minimum atomic E-state index is -0.468. The first-order valence-electron chi connectivity index (χ1n) is 9.24. The molecule has 1 aromatic heterocycles. The molecule has 0 spiro atoms. The Bertz CT molecular complexity index is 1180. The number of aromatic nitrogens is 1. The molecule has 3 rings (SSSR count). The van der Waals surface area contributed by atoms with Gasteiger partial charge < -0.3 is 14.0 Å². The van der Waals surface area contributed by atoms with Crippen molar-refractivity contribution in [2.75, 3.05) is 14.2 Å². The van der Waals surface area contributed by atoms with Gasteiger partial charge in [-0.1, -0.05) is 18.3 Å². The second-order valence-corrected chi connectivity index (χ2v) is 7.29. The standard InChI is InChI=1S/C21H21N3O5S/c1-4-13-23-19-16(28-2)10-11-17(29-3)20(19)30-21(23)22-18(25)12-7-14-5-8-15(9-6-14)24(26)27/h5-12H,4,13H2,1-3H3. The molecule has 9 heteroatoms. The second kappa shape index (κ2) is 9.36. The Balaban J connectivity index is 2.00. The van der Waals surface area contributed by atoms with Crippen LogP contribution in [0.15, 0.2) is 47.5 Å². The maximum Gasteiger partial charge on any atom is 0.272 e. The second-order valence-electron chi connectivity index (χ2n) is 6.32. The van der Waals surface area contributed by atoms with Gasteiger partial charge >= 0.3 is 0 Å². The number of non-ortho nitro benzene ring substituents is 1. The van der Waals surface area contributed by atoms with Crippen molar-refractivity contribution in [2.24, 2.45) is 4.99 Å². The van der Waals surface area contributed by atoms with E-state index in [-0.39, 0.29) is 5.69 Å². The lowest BCUT2D eigenvalue weighted by molar-refractivity contribution is -0.384. The summed E-state index contributed by atoms with van der Waals surface area (Å²) in [5, 5.41) is 10.7. The van der Waals surface area contributed by atoms with Gasteiger partial charge in [-0.3, -0.25) is 14.9 Å². The van der Waals surface area contributed by atoms with E-state index in [0.717, 1.165) is 16.6 Å². The highest BCUT2D eigenvalue weighted by molar-refractivity contribution is 7.16. The lowest BCUT2D eigenvalue weighted by Gasteiger charge is -2.09. The van der Waals surface area contributed by atoms with Crippen molar-refractivity contribution >= 4 is 39.2 Å². The van der Waals surface area contributed by atoms with Crippen molar-refractivity contribution in [3.05, 3.63) is 63.0 Å². The zero-order valence-electron chi connectivity index (χ0n) is 16.8. The van der Waals surface area contributed by atoms with E-state index < -0.39 is 10.8 Å². The van der Waals surface area contributed by atoms with Crippen molar-refractivity contribution in [3.63, 3.8) is 0 Å². The molecular formula is C21H21N3O5S. The summed E-state index contributed by atoms with van der Waals surface area (Å²) >= 11 is 1.36. The summed E-state index contributed by atoms with van der Waals surface area (Å²) in [6.45, 7) is 2.71. The van der Waals surface area contributed by atoms with Gasteiger partial charge in [0.05, 0.1) is 19.1 Å². The third kappa shape index (κ3) is 4.41. The van der Waals surface area contributed by atoms with Crippen molar-refractivity contribution in [1.29, 1.82) is 0 Å². The first-order valence-corrected chi connectivity index (χ1v) is 10.1. The van der Waals surface area contributed by atoms with Crippen LogP contribution in [0.5, 0.6) is 11.5 Å². The maximum atomic E-state index is 12.5. The molecule has 0 bridgehead atoms. The zero-order valence-corrected chi connectivity index (χ0v) is 17.6. The van der Waals surface area contributed by atoms with Crippen molar-refractivity contribution in [1.82, 2.24) is 4.57 Å². The number of carbonyl (C=O) groups is 1. The van der Waals surface area contributed by atoms with Crippen LogP contribution in [-0.4, -0.2) is 29.6 Å². The molecule has 2 aromatic carbocycles. The summed E-state index contributed by atoms with van der Waals surface area (Å²) in [7, 11) is 3.20. The summed E-state index contributed by atoms with van der Waals surface area (Å²) < 4.78 is 13.8. The van der Waals surface area contributed by atoms with E-state index in [0.29, 0.717) is 28.4 Å². The molecule has 0 unspecified atom stereocenters. The van der Waals surface area contributed by atoms with E-state index in [1.807, 2.05) is 23.6 Å². The van der Waals surface area contributed by atoms with Gasteiger partial charge in [0.15, 0.2) is 4.80 Å². The van der Waals surface area contributed by atoms with Crippen molar-refractivity contribution in [2.45, 2.75) is 19.9 Å². The third-order valence-electron chi connectivity index (χ3n) is 4.37. The largest absolute Gasteiger partial charge is 0.495 e. The zero-order chi connectivity index (χ0) is 21.7. The Morgan fingerprint density at radius 2 is 1.83 bits per heavy atom. The fraction of sp³-hybridized carbons (Fsp3) is 0.238. The lowest BCUT2D eigenvalue weighted by Crippen LogP contribution is -2.16. The Morgan fingerprint density at radius 3 is 2.43 bits per heavy atom. The normalized spacial score (nSPS) is 11.9. The van der Waals surface area contributed by atoms with Gasteiger partial charge in [0.25, 0.3) is 11.6 Å². The number of thiazole rings is 1. The van der Waals surface area contributed by atoms with E-state index in [2.05, 4.69) is 4.99 Å². The third-order valence-corrected chi connectivity index (χ3v) is 5.46. The highest BCUT2D eigenvalue weighted by Crippen LogP contribution is 2.35. The van der Waals surface area contributed by atoms with Crippen LogP contribution in [0, 0.1) is 10.1 Å². The minimum Gasteiger partial charge on any atom is -0.495 e. The van der Waals surface area contributed by atoms with Crippen LogP contribution in [-0.2, 0) is 11.3 Å². The number of amides is 1. The number of nitro benzene ring substituents is 1. The Morgan fingerprint density at radius 1 is 1.17 bits per heavy atom. The van der Waals surface area contributed by atoms with E-state index in [4.69, 9.17) is 9.47 Å². The number of nitro groups is 1. The molecule has 1 amide bonds. The monoisotopic (exact) mass is 427 g/mol. The molecule has 1 heterocycles. The first kappa shape index (κ1) is 21.3. The topological polar surface area (TPSA) is 96.0 Å². The molecule has 156 valence electrons. The molecule has 0 saturated heterocycles. The summed E-state index contributed by atoms with van der Waals surface area (Å²) in [5.41, 5.74) is 1.51. The molecule has 0 fully saturated rings. The number of methoxy groups -OCH3 is 2. The fourth-order valence-corrected chi connectivity index (χ4v) is 4.15. The maximum absolute atomic E-state index is 12.5. The molecule has 0 radical (unpaired) electrons. The molecule has 30 heavy (non-hydrogen) atoms. The van der Waals surface area contributed by atoms with E-state index >= 15 is 0 Å². The average Bonchev–Trinajstić information content (AvgIpc) is 3.10. The predicted molar refractivity (Wildman–Crippen MR) is 116 cm³/mol. The Hall–Kier alpha value is -3.46. The van der Waals surface area contributed by atoms with Gasteiger partial charge in [-0.25, -0.2) is 0 Å². The number of fused-ring (bicyclic) bond motifs is 1. The molecule has 8 nitrogen and oxygen atoms in total. The molecule has 0 atom stereocenters. The number of hydrogen-bond acceptors (Lipinski definition) is 6. The fourth-order valence-electron chi connectivity index (χ4n) is 2.98. The van der Waals surface area contributed by atoms with Crippen LogP contribution >= 0.6 is 11.3 Å². The Labute approximate surface area is 176 Å². The van der Waals surface area contributed by atoms with Gasteiger partial charge in [-0.2, -0.15) is 4.99 Å². The van der Waals surface area contributed by atoms with Gasteiger partial charge in [-0.05, 0) is 42.3 Å². The quantitative estimate of drug-likeness (QED) is 0.320. The van der Waals surface area contributed by atoms with Crippen molar-refractivity contribution in [3.8, 4) is 11.5 Å². The van der Waals surface area contributed by atoms with Crippen LogP contribution in [0.4, 0.5) is 5.69 Å². The highest BCUT2D eigenvalue weighted by atomic mass is 32.1. The molecule has 0 aliphatic heterocycles. The van der Waals surface area contributed by atoms with Crippen LogP contribution < -0.4 is 14.3 Å². The number of rotatable bonds is 7. The lowest BCUT2D eigenvalue weighted by atomic mass is 10.2. The predicted octanol–water partition coefficient (Wildman–Crippen LogP) is 4.18. The van der Waals surface area contributed by atoms with Crippen LogP contribution in [0.1, 0.15) is 18.9 Å². The van der Waals surface area contributed by atoms with Crippen LogP contribution in [0.25, 0.3) is 16.3 Å². The number of carbonyl (C=O) groups excluding carboxylic acids is 1. The summed E-state index contributed by atoms with van der Waals surface area (Å²) in [5.74, 6) is 0.949. The van der Waals surface area contributed by atoms with E-state index in [9.17, 15) is 14.9 Å². The summed E-state index contributed by atoms with van der Waals surface area (Å²) in [4.78, 5) is 27.5.